The normalized spacial score (nSPS) is 11.5. The van der Waals surface area contributed by atoms with E-state index in [0.29, 0.717) is 11.3 Å². The van der Waals surface area contributed by atoms with Gasteiger partial charge in [0.15, 0.2) is 0 Å². The van der Waals surface area contributed by atoms with Gasteiger partial charge in [0.05, 0.1) is 0 Å². The Balaban J connectivity index is 0.00000169. The van der Waals surface area contributed by atoms with Crippen molar-refractivity contribution in [1.29, 1.82) is 0 Å². The average molecular weight is 220 g/mol. The summed E-state index contributed by atoms with van der Waals surface area (Å²) >= 11 is 0. The molecule has 0 aromatic heterocycles. The van der Waals surface area contributed by atoms with Crippen LogP contribution in [0.4, 0.5) is 10.1 Å². The van der Waals surface area contributed by atoms with Crippen molar-refractivity contribution in [2.45, 2.75) is 12.6 Å². The van der Waals surface area contributed by atoms with Crippen LogP contribution in [-0.4, -0.2) is 17.2 Å². The summed E-state index contributed by atoms with van der Waals surface area (Å²) in [6.07, 6.45) is -2.00. The van der Waals surface area contributed by atoms with Gasteiger partial charge in [-0.25, -0.2) is 9.18 Å². The second kappa shape index (κ2) is 5.44. The van der Waals surface area contributed by atoms with E-state index in [1.165, 1.54) is 0 Å². The van der Waals surface area contributed by atoms with E-state index in [4.69, 9.17) is 10.8 Å². The molecule has 14 heavy (non-hydrogen) atoms. The Labute approximate surface area is 87.1 Å². The Morgan fingerprint density at radius 3 is 2.71 bits per heavy atom. The van der Waals surface area contributed by atoms with Crippen molar-refractivity contribution in [2.24, 2.45) is 0 Å². The summed E-state index contributed by atoms with van der Waals surface area (Å²) < 4.78 is 12.7. The van der Waals surface area contributed by atoms with Gasteiger partial charge in [-0.15, -0.1) is 12.4 Å². The van der Waals surface area contributed by atoms with E-state index in [-0.39, 0.29) is 18.8 Å². The third-order valence-electron chi connectivity index (χ3n) is 1.63. The van der Waals surface area contributed by atoms with Gasteiger partial charge in [0.1, 0.15) is 0 Å². The summed E-state index contributed by atoms with van der Waals surface area (Å²) in [5.74, 6) is -1.44. The molecule has 78 valence electrons. The highest BCUT2D eigenvalue weighted by atomic mass is 35.5. The van der Waals surface area contributed by atoms with Gasteiger partial charge < -0.3 is 10.8 Å². The number of anilines is 1. The molecule has 0 spiro atoms. The van der Waals surface area contributed by atoms with Crippen molar-refractivity contribution in [3.63, 3.8) is 0 Å². The first-order valence-corrected chi connectivity index (χ1v) is 3.81. The van der Waals surface area contributed by atoms with Gasteiger partial charge in [-0.1, -0.05) is 12.1 Å². The molecule has 5 heteroatoms. The zero-order valence-corrected chi connectivity index (χ0v) is 8.13. The molecule has 1 atom stereocenters. The lowest BCUT2D eigenvalue weighted by molar-refractivity contribution is -0.142. The number of rotatable bonds is 3. The number of hydrogen-bond donors (Lipinski definition) is 2. The number of carbonyl (C=O) groups is 1. The van der Waals surface area contributed by atoms with Crippen LogP contribution in [0.25, 0.3) is 0 Å². The van der Waals surface area contributed by atoms with Gasteiger partial charge in [0.25, 0.3) is 0 Å². The maximum atomic E-state index is 12.7. The number of nitrogen functional groups attached to an aromatic ring is 1. The molecule has 0 saturated carbocycles. The molecule has 0 radical (unpaired) electrons. The average Bonchev–Trinajstić information content (AvgIpc) is 2.04. The smallest absolute Gasteiger partial charge is 0.338 e. The van der Waals surface area contributed by atoms with E-state index >= 15 is 0 Å². The summed E-state index contributed by atoms with van der Waals surface area (Å²) in [5, 5.41) is 8.31. The number of benzene rings is 1. The van der Waals surface area contributed by atoms with Crippen molar-refractivity contribution >= 4 is 24.1 Å². The molecule has 0 saturated heterocycles. The molecule has 0 heterocycles. The Bertz CT molecular complexity index is 319. The van der Waals surface area contributed by atoms with Crippen molar-refractivity contribution in [3.05, 3.63) is 29.8 Å². The fourth-order valence-electron chi connectivity index (χ4n) is 1.01. The zero-order chi connectivity index (χ0) is 9.84. The van der Waals surface area contributed by atoms with Gasteiger partial charge in [-0.2, -0.15) is 0 Å². The molecule has 0 bridgehead atoms. The van der Waals surface area contributed by atoms with E-state index in [1.807, 2.05) is 0 Å². The molecule has 3 nitrogen and oxygen atoms in total. The van der Waals surface area contributed by atoms with Crippen LogP contribution in [0.5, 0.6) is 0 Å². The lowest BCUT2D eigenvalue weighted by Crippen LogP contribution is -2.17. The number of alkyl halides is 1. The van der Waals surface area contributed by atoms with Crippen LogP contribution in [0.2, 0.25) is 0 Å². The lowest BCUT2D eigenvalue weighted by atomic mass is 10.1. The topological polar surface area (TPSA) is 63.3 Å². The summed E-state index contributed by atoms with van der Waals surface area (Å²) in [4.78, 5) is 10.2. The van der Waals surface area contributed by atoms with Crippen LogP contribution in [0.15, 0.2) is 24.3 Å². The number of halogens is 2. The fourth-order valence-corrected chi connectivity index (χ4v) is 1.01. The quantitative estimate of drug-likeness (QED) is 0.760. The zero-order valence-electron chi connectivity index (χ0n) is 7.31. The van der Waals surface area contributed by atoms with Crippen LogP contribution >= 0.6 is 12.4 Å². The largest absolute Gasteiger partial charge is 0.479 e. The van der Waals surface area contributed by atoms with Crippen LogP contribution in [-0.2, 0) is 11.2 Å². The lowest BCUT2D eigenvalue weighted by Gasteiger charge is -2.03. The Hall–Kier alpha value is -1.29. The molecule has 1 aromatic carbocycles. The molecular weight excluding hydrogens is 209 g/mol. The summed E-state index contributed by atoms with van der Waals surface area (Å²) in [7, 11) is 0. The van der Waals surface area contributed by atoms with Crippen LogP contribution in [0.3, 0.4) is 0 Å². The molecule has 1 aromatic rings. The minimum Gasteiger partial charge on any atom is -0.479 e. The first-order chi connectivity index (χ1) is 6.09. The molecule has 0 aliphatic rings. The predicted octanol–water partition coefficient (Wildman–Crippen LogP) is 1.66. The molecule has 1 unspecified atom stereocenters. The standard InChI is InChI=1S/C9H10FNO2.ClH/c10-8(9(12)13)5-6-2-1-3-7(11)4-6;/h1-4,8H,5,11H2,(H,12,13);1H. The maximum Gasteiger partial charge on any atom is 0.338 e. The number of carboxylic acid groups (broad SMARTS) is 1. The highest BCUT2D eigenvalue weighted by molar-refractivity contribution is 5.85. The first-order valence-electron chi connectivity index (χ1n) is 3.81. The minimum atomic E-state index is -1.86. The molecular formula is C9H11ClFNO2. The summed E-state index contributed by atoms with van der Waals surface area (Å²) in [5.41, 5.74) is 6.54. The van der Waals surface area contributed by atoms with Crippen LogP contribution < -0.4 is 5.73 Å². The van der Waals surface area contributed by atoms with Crippen molar-refractivity contribution in [2.75, 3.05) is 5.73 Å². The summed E-state index contributed by atoms with van der Waals surface area (Å²) in [6, 6.07) is 6.54. The Morgan fingerprint density at radius 2 is 2.21 bits per heavy atom. The number of aliphatic carboxylic acids is 1. The number of carboxylic acids is 1. The van der Waals surface area contributed by atoms with Gasteiger partial charge in [0, 0.05) is 12.1 Å². The van der Waals surface area contributed by atoms with Crippen molar-refractivity contribution in [1.82, 2.24) is 0 Å². The van der Waals surface area contributed by atoms with E-state index in [0.717, 1.165) is 0 Å². The molecule has 0 aliphatic heterocycles. The van der Waals surface area contributed by atoms with Crippen molar-refractivity contribution < 1.29 is 14.3 Å². The SMILES string of the molecule is Cl.Nc1cccc(CC(F)C(=O)O)c1. The van der Waals surface area contributed by atoms with E-state index in [9.17, 15) is 9.18 Å². The van der Waals surface area contributed by atoms with Gasteiger partial charge >= 0.3 is 5.97 Å². The van der Waals surface area contributed by atoms with E-state index in [2.05, 4.69) is 0 Å². The monoisotopic (exact) mass is 219 g/mol. The highest BCUT2D eigenvalue weighted by Crippen LogP contribution is 2.10. The second-order valence-corrected chi connectivity index (χ2v) is 2.75. The number of hydrogen-bond acceptors (Lipinski definition) is 2. The number of nitrogens with two attached hydrogens (primary N) is 1. The van der Waals surface area contributed by atoms with Crippen molar-refractivity contribution in [3.8, 4) is 0 Å². The Morgan fingerprint density at radius 1 is 1.57 bits per heavy atom. The minimum absolute atomic E-state index is 0. The highest BCUT2D eigenvalue weighted by Gasteiger charge is 2.15. The second-order valence-electron chi connectivity index (χ2n) is 2.75. The van der Waals surface area contributed by atoms with E-state index in [1.54, 1.807) is 24.3 Å². The molecule has 0 amide bonds. The summed E-state index contributed by atoms with van der Waals surface area (Å²) in [6.45, 7) is 0. The maximum absolute atomic E-state index is 12.7. The predicted molar refractivity (Wildman–Crippen MR) is 54.3 cm³/mol. The van der Waals surface area contributed by atoms with Gasteiger partial charge in [-0.05, 0) is 17.7 Å². The third-order valence-corrected chi connectivity index (χ3v) is 1.63. The van der Waals surface area contributed by atoms with Gasteiger partial charge in [0.2, 0.25) is 6.17 Å². The molecule has 1 rings (SSSR count). The molecule has 3 N–H and O–H groups in total. The van der Waals surface area contributed by atoms with Crippen LogP contribution in [0.1, 0.15) is 5.56 Å². The van der Waals surface area contributed by atoms with E-state index < -0.39 is 12.1 Å². The fraction of sp³-hybridized carbons (Fsp3) is 0.222. The first kappa shape index (κ1) is 12.7. The van der Waals surface area contributed by atoms with Gasteiger partial charge in [-0.3, -0.25) is 0 Å². The van der Waals surface area contributed by atoms with Crippen LogP contribution in [0, 0.1) is 0 Å². The Kier molecular flexibility index (Phi) is 4.94. The molecule has 0 fully saturated rings. The third kappa shape index (κ3) is 3.62. The molecule has 0 aliphatic carbocycles.